The Balaban J connectivity index is 2.38. The molecular formula is C11H9BrF2O2. The lowest BCUT2D eigenvalue weighted by molar-refractivity contribution is -0.137. The number of hydrogen-bond acceptors (Lipinski definition) is 1. The van der Waals surface area contributed by atoms with Gasteiger partial charge in [0.2, 0.25) is 0 Å². The molecule has 0 bridgehead atoms. The van der Waals surface area contributed by atoms with Crippen LogP contribution >= 0.6 is 15.9 Å². The third-order valence-corrected chi connectivity index (χ3v) is 3.70. The molecule has 0 amide bonds. The maximum atomic E-state index is 13.3. The van der Waals surface area contributed by atoms with E-state index < -0.39 is 23.0 Å². The van der Waals surface area contributed by atoms with E-state index in [2.05, 4.69) is 15.9 Å². The van der Waals surface area contributed by atoms with Crippen LogP contribution in [0.15, 0.2) is 16.6 Å². The van der Waals surface area contributed by atoms with Gasteiger partial charge in [0.25, 0.3) is 0 Å². The number of rotatable bonds is 3. The molecule has 1 aliphatic carbocycles. The number of carboxylic acids is 1. The predicted molar refractivity (Wildman–Crippen MR) is 57.2 cm³/mol. The fourth-order valence-corrected chi connectivity index (χ4v) is 2.10. The molecule has 1 aromatic carbocycles. The van der Waals surface area contributed by atoms with E-state index in [0.29, 0.717) is 18.4 Å². The summed E-state index contributed by atoms with van der Waals surface area (Å²) in [5.41, 5.74) is -0.123. The van der Waals surface area contributed by atoms with Crippen LogP contribution in [0.3, 0.4) is 0 Å². The second kappa shape index (κ2) is 3.80. The number of carbonyl (C=O) groups is 1. The van der Waals surface area contributed by atoms with Gasteiger partial charge in [0, 0.05) is 5.41 Å². The van der Waals surface area contributed by atoms with Crippen molar-refractivity contribution in [2.75, 3.05) is 0 Å². The Hall–Kier alpha value is -0.970. The molecule has 1 N–H and O–H groups in total. The third-order valence-electron chi connectivity index (χ3n) is 2.94. The first-order valence-electron chi connectivity index (χ1n) is 4.81. The van der Waals surface area contributed by atoms with Crippen molar-refractivity contribution in [3.63, 3.8) is 0 Å². The van der Waals surface area contributed by atoms with Crippen molar-refractivity contribution < 1.29 is 18.7 Å². The molecule has 1 aromatic rings. The van der Waals surface area contributed by atoms with Crippen LogP contribution in [0.25, 0.3) is 0 Å². The van der Waals surface area contributed by atoms with Crippen LogP contribution in [0.2, 0.25) is 0 Å². The molecule has 0 saturated heterocycles. The van der Waals surface area contributed by atoms with Crippen molar-refractivity contribution >= 4 is 21.9 Å². The molecule has 1 aliphatic rings. The zero-order valence-corrected chi connectivity index (χ0v) is 9.85. The molecule has 0 aromatic heterocycles. The van der Waals surface area contributed by atoms with Crippen LogP contribution in [0.5, 0.6) is 0 Å². The van der Waals surface area contributed by atoms with Crippen LogP contribution in [-0.2, 0) is 10.2 Å². The maximum Gasteiger partial charge on any atom is 0.304 e. The minimum Gasteiger partial charge on any atom is -0.481 e. The molecule has 0 atom stereocenters. The monoisotopic (exact) mass is 290 g/mol. The summed E-state index contributed by atoms with van der Waals surface area (Å²) in [6, 6.07) is 2.42. The molecule has 16 heavy (non-hydrogen) atoms. The summed E-state index contributed by atoms with van der Waals surface area (Å²) in [4.78, 5) is 10.7. The van der Waals surface area contributed by atoms with Crippen LogP contribution < -0.4 is 0 Å². The van der Waals surface area contributed by atoms with Crippen molar-refractivity contribution in [1.29, 1.82) is 0 Å². The largest absolute Gasteiger partial charge is 0.481 e. The molecule has 2 rings (SSSR count). The summed E-state index contributed by atoms with van der Waals surface area (Å²) in [5.74, 6) is -2.32. The van der Waals surface area contributed by atoms with E-state index in [9.17, 15) is 13.6 Å². The van der Waals surface area contributed by atoms with Gasteiger partial charge in [-0.05, 0) is 46.5 Å². The lowest BCUT2D eigenvalue weighted by Crippen LogP contribution is -2.13. The quantitative estimate of drug-likeness (QED) is 0.868. The smallest absolute Gasteiger partial charge is 0.304 e. The Kier molecular flexibility index (Phi) is 2.74. The minimum atomic E-state index is -0.943. The third kappa shape index (κ3) is 1.96. The normalized spacial score (nSPS) is 17.2. The molecule has 0 unspecified atom stereocenters. The van der Waals surface area contributed by atoms with Gasteiger partial charge in [-0.15, -0.1) is 0 Å². The number of carboxylic acid groups (broad SMARTS) is 1. The molecule has 5 heteroatoms. The first-order valence-corrected chi connectivity index (χ1v) is 5.61. The van der Waals surface area contributed by atoms with Crippen molar-refractivity contribution in [1.82, 2.24) is 0 Å². The van der Waals surface area contributed by atoms with E-state index in [4.69, 9.17) is 5.11 Å². The van der Waals surface area contributed by atoms with E-state index in [1.54, 1.807) is 0 Å². The van der Waals surface area contributed by atoms with Crippen LogP contribution in [0.1, 0.15) is 24.8 Å². The lowest BCUT2D eigenvalue weighted by Gasteiger charge is -2.13. The van der Waals surface area contributed by atoms with Crippen molar-refractivity contribution in [2.24, 2.45) is 0 Å². The maximum absolute atomic E-state index is 13.3. The highest BCUT2D eigenvalue weighted by Gasteiger charge is 2.46. The second-order valence-electron chi connectivity index (χ2n) is 4.10. The minimum absolute atomic E-state index is 0.0759. The molecule has 86 valence electrons. The topological polar surface area (TPSA) is 37.3 Å². The standard InChI is InChI=1S/C11H9BrF2O2/c12-10-7(13)3-6(4-8(10)14)11(1-2-11)5-9(15)16/h3-4H,1-2,5H2,(H,15,16). The summed E-state index contributed by atoms with van der Waals surface area (Å²) in [5, 5.41) is 8.75. The first-order chi connectivity index (χ1) is 7.44. The highest BCUT2D eigenvalue weighted by Crippen LogP contribution is 2.51. The molecule has 0 radical (unpaired) electrons. The SMILES string of the molecule is O=C(O)CC1(c2cc(F)c(Br)c(F)c2)CC1. The van der Waals surface area contributed by atoms with Gasteiger partial charge in [-0.25, -0.2) is 8.78 Å². The van der Waals surface area contributed by atoms with Crippen molar-refractivity contribution in [2.45, 2.75) is 24.7 Å². The molecule has 0 heterocycles. The molecular weight excluding hydrogens is 282 g/mol. The summed E-state index contributed by atoms with van der Waals surface area (Å²) in [6.07, 6.45) is 1.26. The molecule has 1 saturated carbocycles. The average Bonchev–Trinajstić information content (AvgIpc) is 2.93. The summed E-state index contributed by atoms with van der Waals surface area (Å²) in [7, 11) is 0. The van der Waals surface area contributed by atoms with Gasteiger partial charge < -0.3 is 5.11 Å². The zero-order chi connectivity index (χ0) is 11.9. The van der Waals surface area contributed by atoms with E-state index in [1.165, 1.54) is 12.1 Å². The summed E-state index contributed by atoms with van der Waals surface area (Å²) >= 11 is 2.78. The van der Waals surface area contributed by atoms with Gasteiger partial charge >= 0.3 is 5.97 Å². The fraction of sp³-hybridized carbons (Fsp3) is 0.364. The van der Waals surface area contributed by atoms with Gasteiger partial charge in [0.15, 0.2) is 0 Å². The molecule has 0 spiro atoms. The van der Waals surface area contributed by atoms with Crippen LogP contribution in [0, 0.1) is 11.6 Å². The van der Waals surface area contributed by atoms with Crippen molar-refractivity contribution in [3.8, 4) is 0 Å². The van der Waals surface area contributed by atoms with Gasteiger partial charge in [0.1, 0.15) is 11.6 Å². The second-order valence-corrected chi connectivity index (χ2v) is 4.90. The number of halogens is 3. The zero-order valence-electron chi connectivity index (χ0n) is 8.27. The van der Waals surface area contributed by atoms with Gasteiger partial charge in [0.05, 0.1) is 10.9 Å². The van der Waals surface area contributed by atoms with Gasteiger partial charge in [-0.1, -0.05) is 0 Å². The van der Waals surface area contributed by atoms with E-state index in [0.717, 1.165) is 0 Å². The van der Waals surface area contributed by atoms with Crippen LogP contribution in [0.4, 0.5) is 8.78 Å². The number of hydrogen-bond donors (Lipinski definition) is 1. The Labute approximate surface area is 99.4 Å². The van der Waals surface area contributed by atoms with E-state index >= 15 is 0 Å². The summed E-state index contributed by atoms with van der Waals surface area (Å²) < 4.78 is 26.4. The predicted octanol–water partition coefficient (Wildman–Crippen LogP) is 3.23. The number of benzene rings is 1. The first kappa shape index (κ1) is 11.5. The highest BCUT2D eigenvalue weighted by atomic mass is 79.9. The average molecular weight is 291 g/mol. The Morgan fingerprint density at radius 3 is 2.25 bits per heavy atom. The van der Waals surface area contributed by atoms with Gasteiger partial charge in [-0.3, -0.25) is 4.79 Å². The van der Waals surface area contributed by atoms with Gasteiger partial charge in [-0.2, -0.15) is 0 Å². The van der Waals surface area contributed by atoms with E-state index in [1.807, 2.05) is 0 Å². The Bertz CT molecular complexity index is 432. The van der Waals surface area contributed by atoms with Crippen molar-refractivity contribution in [3.05, 3.63) is 33.8 Å². The summed E-state index contributed by atoms with van der Waals surface area (Å²) in [6.45, 7) is 0. The molecule has 2 nitrogen and oxygen atoms in total. The highest BCUT2D eigenvalue weighted by molar-refractivity contribution is 9.10. The fourth-order valence-electron chi connectivity index (χ4n) is 1.87. The molecule has 0 aliphatic heterocycles. The Morgan fingerprint density at radius 2 is 1.88 bits per heavy atom. The van der Waals surface area contributed by atoms with E-state index in [-0.39, 0.29) is 10.9 Å². The Morgan fingerprint density at radius 1 is 1.38 bits per heavy atom. The van der Waals surface area contributed by atoms with Crippen LogP contribution in [-0.4, -0.2) is 11.1 Å². The molecule has 1 fully saturated rings. The number of aliphatic carboxylic acids is 1. The lowest BCUT2D eigenvalue weighted by atomic mass is 9.92.